The summed E-state index contributed by atoms with van der Waals surface area (Å²) in [7, 11) is -3.49. The predicted molar refractivity (Wildman–Crippen MR) is 156 cm³/mol. The Hall–Kier alpha value is -2.81. The van der Waals surface area contributed by atoms with Gasteiger partial charge in [-0.2, -0.15) is 0 Å². The number of pyridine rings is 1. The molecule has 204 valence electrons. The summed E-state index contributed by atoms with van der Waals surface area (Å²) in [4.78, 5) is 4.70. The molecule has 4 rings (SSSR count). The normalized spacial score (nSPS) is 14.6. The molecule has 0 bridgehead atoms. The van der Waals surface area contributed by atoms with E-state index in [2.05, 4.69) is 40.0 Å². The molecule has 0 spiro atoms. The fraction of sp³-hybridized carbons (Fsp3) is 0.414. The van der Waals surface area contributed by atoms with Gasteiger partial charge in [-0.1, -0.05) is 23.7 Å². The number of piperidine rings is 1. The first kappa shape index (κ1) is 28.2. The zero-order valence-corrected chi connectivity index (χ0v) is 24.2. The molecule has 1 aliphatic heterocycles. The molecule has 1 saturated heterocycles. The van der Waals surface area contributed by atoms with Crippen molar-refractivity contribution < 1.29 is 13.2 Å². The first-order valence-corrected chi connectivity index (χ1v) is 15.0. The van der Waals surface area contributed by atoms with Crippen LogP contribution in [0, 0.1) is 6.92 Å². The lowest BCUT2D eigenvalue weighted by Gasteiger charge is -2.26. The molecule has 2 aromatic carbocycles. The van der Waals surface area contributed by atoms with Crippen LogP contribution in [0.4, 0.5) is 22.9 Å². The van der Waals surface area contributed by atoms with Gasteiger partial charge in [-0.15, -0.1) is 0 Å². The lowest BCUT2D eigenvalue weighted by molar-refractivity contribution is 0.243. The van der Waals surface area contributed by atoms with Gasteiger partial charge < -0.3 is 20.7 Å². The fourth-order valence-electron chi connectivity index (χ4n) is 4.68. The zero-order valence-electron chi connectivity index (χ0n) is 22.6. The van der Waals surface area contributed by atoms with Gasteiger partial charge in [0.15, 0.2) is 9.84 Å². The number of hydrogen-bond acceptors (Lipinski definition) is 7. The van der Waals surface area contributed by atoms with Gasteiger partial charge in [0.05, 0.1) is 44.5 Å². The number of halogens is 1. The molecule has 1 aliphatic rings. The number of para-hydroxylation sites is 1. The lowest BCUT2D eigenvalue weighted by Crippen LogP contribution is -2.27. The molecule has 0 aliphatic carbocycles. The molecule has 0 unspecified atom stereocenters. The molecule has 3 aromatic rings. The van der Waals surface area contributed by atoms with Crippen molar-refractivity contribution in [1.82, 2.24) is 10.3 Å². The van der Waals surface area contributed by atoms with E-state index in [4.69, 9.17) is 16.3 Å². The number of rotatable bonds is 9. The highest BCUT2D eigenvalue weighted by Crippen LogP contribution is 2.38. The highest BCUT2D eigenvalue weighted by atomic mass is 35.5. The number of aryl methyl sites for hydroxylation is 1. The average molecular weight is 557 g/mol. The van der Waals surface area contributed by atoms with Crippen LogP contribution in [-0.4, -0.2) is 37.8 Å². The third-order valence-corrected chi connectivity index (χ3v) is 9.22. The Morgan fingerprint density at radius 1 is 1.00 bits per heavy atom. The second kappa shape index (κ2) is 11.9. The molecular formula is C29H37ClN4O3S. The van der Waals surface area contributed by atoms with Crippen molar-refractivity contribution >= 4 is 44.3 Å². The van der Waals surface area contributed by atoms with E-state index < -0.39 is 15.1 Å². The number of nitrogens with zero attached hydrogens (tertiary/aromatic N) is 1. The van der Waals surface area contributed by atoms with Crippen molar-refractivity contribution in [3.63, 3.8) is 0 Å². The fourth-order valence-corrected chi connectivity index (χ4v) is 6.04. The molecule has 2 heterocycles. The van der Waals surface area contributed by atoms with Crippen LogP contribution in [0.3, 0.4) is 0 Å². The molecular weight excluding hydrogens is 520 g/mol. The molecule has 3 N–H and O–H groups in total. The summed E-state index contributed by atoms with van der Waals surface area (Å²) < 4.78 is 32.1. The Labute approximate surface area is 231 Å². The number of benzene rings is 2. The summed E-state index contributed by atoms with van der Waals surface area (Å²) in [5, 5.41) is 9.88. The SMILES string of the molecule is Cc1cc(Nc2cc(Nc3ccccc3S(=O)(=O)C(C)C)c(Cl)cn2)c(OC(C)C)cc1C1CCNCC1. The Kier molecular flexibility index (Phi) is 8.85. The van der Waals surface area contributed by atoms with Gasteiger partial charge >= 0.3 is 0 Å². The predicted octanol–water partition coefficient (Wildman–Crippen LogP) is 6.97. The van der Waals surface area contributed by atoms with E-state index in [1.807, 2.05) is 13.8 Å². The van der Waals surface area contributed by atoms with E-state index in [1.165, 1.54) is 11.1 Å². The van der Waals surface area contributed by atoms with Crippen molar-refractivity contribution in [3.8, 4) is 5.75 Å². The minimum absolute atomic E-state index is 0.00828. The summed E-state index contributed by atoms with van der Waals surface area (Å²) in [6, 6.07) is 12.9. The first-order valence-electron chi connectivity index (χ1n) is 13.1. The van der Waals surface area contributed by atoms with E-state index in [1.54, 1.807) is 50.4 Å². The Morgan fingerprint density at radius 2 is 1.71 bits per heavy atom. The smallest absolute Gasteiger partial charge is 0.182 e. The minimum atomic E-state index is -3.49. The van der Waals surface area contributed by atoms with Gasteiger partial charge in [-0.25, -0.2) is 13.4 Å². The number of ether oxygens (including phenoxy) is 1. The lowest BCUT2D eigenvalue weighted by atomic mass is 9.87. The van der Waals surface area contributed by atoms with Crippen molar-refractivity contribution in [2.24, 2.45) is 0 Å². The summed E-state index contributed by atoms with van der Waals surface area (Å²) >= 11 is 6.48. The molecule has 0 amide bonds. The van der Waals surface area contributed by atoms with Gasteiger partial charge in [0.25, 0.3) is 0 Å². The average Bonchev–Trinajstić information content (AvgIpc) is 2.88. The number of nitrogens with one attached hydrogen (secondary N) is 3. The Morgan fingerprint density at radius 3 is 2.39 bits per heavy atom. The highest BCUT2D eigenvalue weighted by Gasteiger charge is 2.23. The number of sulfone groups is 1. The molecule has 0 atom stereocenters. The molecule has 1 aromatic heterocycles. The molecule has 38 heavy (non-hydrogen) atoms. The minimum Gasteiger partial charge on any atom is -0.489 e. The van der Waals surface area contributed by atoms with Gasteiger partial charge in [0.2, 0.25) is 0 Å². The van der Waals surface area contributed by atoms with Crippen molar-refractivity contribution in [2.75, 3.05) is 23.7 Å². The van der Waals surface area contributed by atoms with Crippen LogP contribution >= 0.6 is 11.6 Å². The summed E-state index contributed by atoms with van der Waals surface area (Å²) in [5.74, 6) is 1.84. The second-order valence-electron chi connectivity index (χ2n) is 10.3. The maximum atomic E-state index is 12.9. The second-order valence-corrected chi connectivity index (χ2v) is 13.2. The molecule has 0 saturated carbocycles. The van der Waals surface area contributed by atoms with Crippen LogP contribution in [0.1, 0.15) is 57.6 Å². The standard InChI is InChI=1S/C29H37ClN4O3S/c1-18(2)37-27-15-22(21-10-12-31-13-11-21)20(5)14-26(27)34-29-16-25(23(30)17-32-29)33-24-8-6-7-9-28(24)38(35,36)19(3)4/h6-9,14-19,21,31H,10-13H2,1-5H3,(H2,32,33,34). The monoisotopic (exact) mass is 556 g/mol. The number of hydrogen-bond donors (Lipinski definition) is 3. The quantitative estimate of drug-likeness (QED) is 0.262. The topological polar surface area (TPSA) is 92.4 Å². The van der Waals surface area contributed by atoms with E-state index in [0.29, 0.717) is 28.1 Å². The Bertz CT molecular complexity index is 1390. The van der Waals surface area contributed by atoms with Crippen LogP contribution in [0.2, 0.25) is 5.02 Å². The zero-order chi connectivity index (χ0) is 27.4. The summed E-state index contributed by atoms with van der Waals surface area (Å²) in [5.41, 5.74) is 4.35. The van der Waals surface area contributed by atoms with E-state index in [9.17, 15) is 8.42 Å². The largest absolute Gasteiger partial charge is 0.489 e. The van der Waals surface area contributed by atoms with E-state index >= 15 is 0 Å². The highest BCUT2D eigenvalue weighted by molar-refractivity contribution is 7.92. The van der Waals surface area contributed by atoms with Crippen LogP contribution in [0.25, 0.3) is 0 Å². The Balaban J connectivity index is 1.66. The summed E-state index contributed by atoms with van der Waals surface area (Å²) in [6.45, 7) is 11.5. The van der Waals surface area contributed by atoms with Crippen LogP contribution < -0.4 is 20.7 Å². The number of anilines is 4. The maximum Gasteiger partial charge on any atom is 0.182 e. The van der Waals surface area contributed by atoms with Gasteiger partial charge in [0, 0.05) is 6.07 Å². The van der Waals surface area contributed by atoms with Crippen molar-refractivity contribution in [1.29, 1.82) is 0 Å². The van der Waals surface area contributed by atoms with Crippen molar-refractivity contribution in [2.45, 2.75) is 69.6 Å². The van der Waals surface area contributed by atoms with Gasteiger partial charge in [-0.3, -0.25) is 0 Å². The van der Waals surface area contributed by atoms with Crippen LogP contribution in [0.15, 0.2) is 53.6 Å². The number of aromatic nitrogens is 1. The summed E-state index contributed by atoms with van der Waals surface area (Å²) in [6.07, 6.45) is 3.77. The molecule has 0 radical (unpaired) electrons. The third kappa shape index (κ3) is 6.42. The van der Waals surface area contributed by atoms with Gasteiger partial charge in [0.1, 0.15) is 11.6 Å². The third-order valence-electron chi connectivity index (χ3n) is 6.71. The van der Waals surface area contributed by atoms with E-state index in [0.717, 1.165) is 37.4 Å². The van der Waals surface area contributed by atoms with Gasteiger partial charge in [-0.05, 0) is 102 Å². The molecule has 1 fully saturated rings. The molecule has 9 heteroatoms. The van der Waals surface area contributed by atoms with Crippen LogP contribution in [-0.2, 0) is 9.84 Å². The molecule has 7 nitrogen and oxygen atoms in total. The van der Waals surface area contributed by atoms with Crippen LogP contribution in [0.5, 0.6) is 5.75 Å². The van der Waals surface area contributed by atoms with E-state index in [-0.39, 0.29) is 11.0 Å². The first-order chi connectivity index (χ1) is 18.1. The van der Waals surface area contributed by atoms with Crippen molar-refractivity contribution in [3.05, 3.63) is 64.8 Å². The maximum absolute atomic E-state index is 12.9.